The summed E-state index contributed by atoms with van der Waals surface area (Å²) in [5.41, 5.74) is 1.67. The van der Waals surface area contributed by atoms with Crippen molar-refractivity contribution in [2.75, 3.05) is 10.8 Å². The highest BCUT2D eigenvalue weighted by atomic mass is 32.2. The van der Waals surface area contributed by atoms with E-state index in [1.807, 2.05) is 19.1 Å². The van der Waals surface area contributed by atoms with Gasteiger partial charge in [0.25, 0.3) is 10.0 Å². The van der Waals surface area contributed by atoms with E-state index in [1.165, 1.54) is 10.6 Å². The molecule has 1 aromatic heterocycles. The Hall–Kier alpha value is -1.89. The Labute approximate surface area is 118 Å². The van der Waals surface area contributed by atoms with Crippen molar-refractivity contribution in [1.29, 1.82) is 0 Å². The van der Waals surface area contributed by atoms with E-state index in [1.54, 1.807) is 17.7 Å². The van der Waals surface area contributed by atoms with Gasteiger partial charge in [0, 0.05) is 13.1 Å². The summed E-state index contributed by atoms with van der Waals surface area (Å²) in [6.45, 7) is 4.83. The molecule has 2 aromatic rings. The van der Waals surface area contributed by atoms with Gasteiger partial charge in [-0.15, -0.1) is 0 Å². The molecule has 0 unspecified atom stereocenters. The maximum atomic E-state index is 12.9. The van der Waals surface area contributed by atoms with Crippen LogP contribution < -0.4 is 4.31 Å². The fraction of sp³-hybridized carbons (Fsp3) is 0.385. The summed E-state index contributed by atoms with van der Waals surface area (Å²) < 4.78 is 28.7. The largest absolute Gasteiger partial charge is 0.266 e. The predicted molar refractivity (Wildman–Crippen MR) is 75.1 cm³/mol. The average molecular weight is 292 g/mol. The van der Waals surface area contributed by atoms with Crippen LogP contribution in [0.3, 0.4) is 0 Å². The number of hydrogen-bond donors (Lipinski definition) is 0. The third-order valence-electron chi connectivity index (χ3n) is 3.46. The second kappa shape index (κ2) is 4.59. The highest BCUT2D eigenvalue weighted by Gasteiger charge is 2.32. The summed E-state index contributed by atoms with van der Waals surface area (Å²) in [7, 11) is -3.59. The number of rotatable bonds is 2. The van der Waals surface area contributed by atoms with E-state index in [4.69, 9.17) is 0 Å². The van der Waals surface area contributed by atoms with Gasteiger partial charge in [-0.2, -0.15) is 10.1 Å². The zero-order valence-electron chi connectivity index (χ0n) is 11.4. The van der Waals surface area contributed by atoms with Crippen LogP contribution in [-0.4, -0.2) is 29.7 Å². The smallest absolute Gasteiger partial charge is 0.234 e. The molecule has 0 atom stereocenters. The SMILES string of the molecule is Cc1ccc(C)c(S(=O)(=O)N2CCCn3ncnc32)c1. The fourth-order valence-electron chi connectivity index (χ4n) is 2.40. The molecule has 0 amide bonds. The minimum absolute atomic E-state index is 0.342. The summed E-state index contributed by atoms with van der Waals surface area (Å²) >= 11 is 0. The molecule has 0 fully saturated rings. The van der Waals surface area contributed by atoms with Crippen LogP contribution in [-0.2, 0) is 16.6 Å². The first kappa shape index (κ1) is 13.1. The van der Waals surface area contributed by atoms with E-state index in [0.29, 0.717) is 23.9 Å². The third-order valence-corrected chi connectivity index (χ3v) is 5.38. The Bertz CT molecular complexity index is 751. The molecular formula is C13H16N4O2S. The second-order valence-electron chi connectivity index (χ2n) is 4.98. The van der Waals surface area contributed by atoms with E-state index in [9.17, 15) is 8.42 Å². The van der Waals surface area contributed by atoms with Crippen LogP contribution in [0.5, 0.6) is 0 Å². The minimum atomic E-state index is -3.59. The standard InChI is InChI=1S/C13H16N4O2S/c1-10-4-5-11(2)12(8-10)20(18,19)17-7-3-6-16-13(17)14-9-15-16/h4-5,8-9H,3,6-7H2,1-2H3. The van der Waals surface area contributed by atoms with E-state index in [-0.39, 0.29) is 0 Å². The van der Waals surface area contributed by atoms with E-state index >= 15 is 0 Å². The molecule has 20 heavy (non-hydrogen) atoms. The van der Waals surface area contributed by atoms with Crippen molar-refractivity contribution in [2.45, 2.75) is 31.7 Å². The first-order chi connectivity index (χ1) is 9.50. The van der Waals surface area contributed by atoms with Gasteiger partial charge in [-0.25, -0.2) is 17.4 Å². The Balaban J connectivity index is 2.13. The van der Waals surface area contributed by atoms with Crippen molar-refractivity contribution in [3.05, 3.63) is 35.7 Å². The lowest BCUT2D eigenvalue weighted by Gasteiger charge is -2.27. The van der Waals surface area contributed by atoms with Gasteiger partial charge in [0.05, 0.1) is 4.90 Å². The number of aromatic nitrogens is 3. The zero-order valence-corrected chi connectivity index (χ0v) is 12.3. The fourth-order valence-corrected chi connectivity index (χ4v) is 4.18. The molecule has 0 aliphatic carbocycles. The Morgan fingerprint density at radius 3 is 2.80 bits per heavy atom. The van der Waals surface area contributed by atoms with Crippen LogP contribution in [0.2, 0.25) is 0 Å². The van der Waals surface area contributed by atoms with Gasteiger partial charge in [-0.05, 0) is 37.5 Å². The molecule has 1 aliphatic rings. The molecule has 0 bridgehead atoms. The number of anilines is 1. The van der Waals surface area contributed by atoms with Gasteiger partial charge in [0.15, 0.2) is 0 Å². The highest BCUT2D eigenvalue weighted by Crippen LogP contribution is 2.27. The van der Waals surface area contributed by atoms with Crippen LogP contribution in [0.25, 0.3) is 0 Å². The first-order valence-electron chi connectivity index (χ1n) is 6.48. The van der Waals surface area contributed by atoms with Crippen molar-refractivity contribution >= 4 is 16.0 Å². The van der Waals surface area contributed by atoms with Crippen LogP contribution >= 0.6 is 0 Å². The summed E-state index contributed by atoms with van der Waals surface area (Å²) in [5.74, 6) is 0.400. The van der Waals surface area contributed by atoms with Crippen molar-refractivity contribution in [2.24, 2.45) is 0 Å². The lowest BCUT2D eigenvalue weighted by atomic mass is 10.2. The lowest BCUT2D eigenvalue weighted by Crippen LogP contribution is -2.38. The number of hydrogen-bond acceptors (Lipinski definition) is 4. The second-order valence-corrected chi connectivity index (χ2v) is 6.81. The van der Waals surface area contributed by atoms with Crippen LogP contribution in [0.1, 0.15) is 17.5 Å². The molecule has 1 aromatic carbocycles. The molecule has 1 aliphatic heterocycles. The molecule has 0 spiro atoms. The number of benzene rings is 1. The summed E-state index contributed by atoms with van der Waals surface area (Å²) in [6.07, 6.45) is 2.13. The number of fused-ring (bicyclic) bond motifs is 1. The van der Waals surface area contributed by atoms with E-state index in [0.717, 1.165) is 17.5 Å². The van der Waals surface area contributed by atoms with Gasteiger partial charge in [0.2, 0.25) is 5.95 Å². The number of aryl methyl sites for hydroxylation is 3. The Morgan fingerprint density at radius 1 is 1.20 bits per heavy atom. The molecule has 106 valence electrons. The van der Waals surface area contributed by atoms with Gasteiger partial charge >= 0.3 is 0 Å². The van der Waals surface area contributed by atoms with Crippen molar-refractivity contribution in [3.8, 4) is 0 Å². The molecule has 0 N–H and O–H groups in total. The van der Waals surface area contributed by atoms with E-state index in [2.05, 4.69) is 10.1 Å². The van der Waals surface area contributed by atoms with Crippen molar-refractivity contribution in [1.82, 2.24) is 14.8 Å². The molecule has 0 saturated carbocycles. The number of sulfonamides is 1. The maximum absolute atomic E-state index is 12.9. The average Bonchev–Trinajstić information content (AvgIpc) is 2.89. The normalized spacial score (nSPS) is 15.2. The molecule has 0 saturated heterocycles. The van der Waals surface area contributed by atoms with Gasteiger partial charge in [-0.1, -0.05) is 12.1 Å². The van der Waals surface area contributed by atoms with Crippen LogP contribution in [0.15, 0.2) is 29.4 Å². The first-order valence-corrected chi connectivity index (χ1v) is 7.92. The minimum Gasteiger partial charge on any atom is -0.234 e. The molecular weight excluding hydrogens is 276 g/mol. The third kappa shape index (κ3) is 1.98. The van der Waals surface area contributed by atoms with Crippen LogP contribution in [0, 0.1) is 13.8 Å². The monoisotopic (exact) mass is 292 g/mol. The summed E-state index contributed by atoms with van der Waals surface area (Å²) in [6, 6.07) is 5.45. The van der Waals surface area contributed by atoms with E-state index < -0.39 is 10.0 Å². The van der Waals surface area contributed by atoms with Gasteiger partial charge in [-0.3, -0.25) is 0 Å². The zero-order chi connectivity index (χ0) is 14.3. The molecule has 7 heteroatoms. The Morgan fingerprint density at radius 2 is 2.00 bits per heavy atom. The number of nitrogens with zero attached hydrogens (tertiary/aromatic N) is 4. The molecule has 3 rings (SSSR count). The van der Waals surface area contributed by atoms with Crippen LogP contribution in [0.4, 0.5) is 5.95 Å². The van der Waals surface area contributed by atoms with Crippen molar-refractivity contribution in [3.63, 3.8) is 0 Å². The van der Waals surface area contributed by atoms with Gasteiger partial charge < -0.3 is 0 Å². The highest BCUT2D eigenvalue weighted by molar-refractivity contribution is 7.92. The molecule has 0 radical (unpaired) electrons. The predicted octanol–water partition coefficient (Wildman–Crippen LogP) is 1.49. The van der Waals surface area contributed by atoms with Gasteiger partial charge in [0.1, 0.15) is 6.33 Å². The Kier molecular flexibility index (Phi) is 3.01. The molecule has 2 heterocycles. The quantitative estimate of drug-likeness (QED) is 0.841. The lowest BCUT2D eigenvalue weighted by molar-refractivity contribution is 0.529. The molecule has 6 nitrogen and oxygen atoms in total. The van der Waals surface area contributed by atoms with Crippen molar-refractivity contribution < 1.29 is 8.42 Å². The summed E-state index contributed by atoms with van der Waals surface area (Å²) in [5, 5.41) is 4.05. The maximum Gasteiger partial charge on any atom is 0.266 e. The topological polar surface area (TPSA) is 68.1 Å². The summed E-state index contributed by atoms with van der Waals surface area (Å²) in [4.78, 5) is 4.42.